The number of nitrogens with one attached hydrogen (secondary N) is 1. The number of likely N-dealkylation sites (N-methyl/N-ethyl adjacent to an activating group) is 1. The monoisotopic (exact) mass is 263 g/mol. The normalized spacial score (nSPS) is 17.4. The number of rotatable bonds is 6. The van der Waals surface area contributed by atoms with Gasteiger partial charge in [0.15, 0.2) is 11.6 Å². The molecule has 0 spiro atoms. The van der Waals surface area contributed by atoms with Crippen molar-refractivity contribution in [3.05, 3.63) is 18.3 Å². The van der Waals surface area contributed by atoms with E-state index in [1.54, 1.807) is 6.20 Å². The molecule has 1 aliphatic rings. The zero-order chi connectivity index (χ0) is 13.9. The van der Waals surface area contributed by atoms with Gasteiger partial charge in [0.25, 0.3) is 0 Å². The van der Waals surface area contributed by atoms with E-state index in [0.29, 0.717) is 0 Å². The van der Waals surface area contributed by atoms with Crippen LogP contribution in [0.2, 0.25) is 0 Å². The van der Waals surface area contributed by atoms with Crippen molar-refractivity contribution in [2.75, 3.05) is 26.0 Å². The molecule has 19 heavy (non-hydrogen) atoms. The molecule has 0 atom stereocenters. The van der Waals surface area contributed by atoms with Gasteiger partial charge in [0, 0.05) is 18.3 Å². The first kappa shape index (κ1) is 14.1. The van der Waals surface area contributed by atoms with E-state index in [2.05, 4.69) is 29.3 Å². The number of hydrogen-bond acceptors (Lipinski definition) is 4. The summed E-state index contributed by atoms with van der Waals surface area (Å²) in [4.78, 5) is 6.73. The van der Waals surface area contributed by atoms with E-state index in [4.69, 9.17) is 4.74 Å². The van der Waals surface area contributed by atoms with Crippen molar-refractivity contribution in [1.29, 1.82) is 0 Å². The molecule has 0 radical (unpaired) electrons. The Kier molecular flexibility index (Phi) is 4.30. The molecule has 106 valence electrons. The molecule has 1 aromatic heterocycles. The highest BCUT2D eigenvalue weighted by atomic mass is 16.5. The van der Waals surface area contributed by atoms with Crippen molar-refractivity contribution in [3.63, 3.8) is 0 Å². The molecule has 0 amide bonds. The SMILES string of the molecule is CC(C)Oc1cccnc1NCC1(N(C)C)CCC1. The third kappa shape index (κ3) is 3.18. The summed E-state index contributed by atoms with van der Waals surface area (Å²) in [6.07, 6.45) is 5.78. The van der Waals surface area contributed by atoms with E-state index >= 15 is 0 Å². The van der Waals surface area contributed by atoms with Crippen LogP contribution in [0.15, 0.2) is 18.3 Å². The second kappa shape index (κ2) is 5.78. The summed E-state index contributed by atoms with van der Waals surface area (Å²) < 4.78 is 5.78. The van der Waals surface area contributed by atoms with Crippen molar-refractivity contribution in [1.82, 2.24) is 9.88 Å². The second-order valence-corrected chi connectivity index (χ2v) is 5.84. The number of anilines is 1. The minimum absolute atomic E-state index is 0.163. The second-order valence-electron chi connectivity index (χ2n) is 5.84. The number of ether oxygens (including phenoxy) is 1. The van der Waals surface area contributed by atoms with E-state index in [1.807, 2.05) is 26.0 Å². The lowest BCUT2D eigenvalue weighted by Crippen LogP contribution is -2.54. The maximum atomic E-state index is 5.78. The molecule has 4 heteroatoms. The van der Waals surface area contributed by atoms with Crippen LogP contribution in [0.1, 0.15) is 33.1 Å². The first-order chi connectivity index (χ1) is 9.03. The van der Waals surface area contributed by atoms with E-state index in [9.17, 15) is 0 Å². The fourth-order valence-corrected chi connectivity index (χ4v) is 2.49. The quantitative estimate of drug-likeness (QED) is 0.856. The Bertz CT molecular complexity index is 414. The van der Waals surface area contributed by atoms with Crippen molar-refractivity contribution >= 4 is 5.82 Å². The van der Waals surface area contributed by atoms with Crippen LogP contribution in [0, 0.1) is 0 Å². The van der Waals surface area contributed by atoms with Crippen LogP contribution in [0.4, 0.5) is 5.82 Å². The van der Waals surface area contributed by atoms with E-state index in [1.165, 1.54) is 19.3 Å². The molecule has 0 saturated heterocycles. The van der Waals surface area contributed by atoms with Gasteiger partial charge in [-0.3, -0.25) is 0 Å². The third-order valence-corrected chi connectivity index (χ3v) is 3.95. The molecular formula is C15H25N3O. The van der Waals surface area contributed by atoms with Crippen LogP contribution < -0.4 is 10.1 Å². The Morgan fingerprint density at radius 2 is 2.16 bits per heavy atom. The van der Waals surface area contributed by atoms with E-state index in [-0.39, 0.29) is 11.6 Å². The van der Waals surface area contributed by atoms with Gasteiger partial charge in [0.1, 0.15) is 0 Å². The minimum Gasteiger partial charge on any atom is -0.487 e. The number of aromatic nitrogens is 1. The van der Waals surface area contributed by atoms with Gasteiger partial charge in [-0.1, -0.05) is 0 Å². The van der Waals surface area contributed by atoms with Crippen LogP contribution >= 0.6 is 0 Å². The van der Waals surface area contributed by atoms with Crippen molar-refractivity contribution in [2.45, 2.75) is 44.8 Å². The predicted molar refractivity (Wildman–Crippen MR) is 78.8 cm³/mol. The Hall–Kier alpha value is -1.29. The molecule has 1 N–H and O–H groups in total. The van der Waals surface area contributed by atoms with E-state index in [0.717, 1.165) is 18.1 Å². The summed E-state index contributed by atoms with van der Waals surface area (Å²) in [6.45, 7) is 4.99. The third-order valence-electron chi connectivity index (χ3n) is 3.95. The molecule has 1 heterocycles. The van der Waals surface area contributed by atoms with Crippen LogP contribution in [-0.2, 0) is 0 Å². The standard InChI is InChI=1S/C15H25N3O/c1-12(2)19-13-7-5-10-16-14(13)17-11-15(18(3)4)8-6-9-15/h5,7,10,12H,6,8-9,11H2,1-4H3,(H,16,17). The molecule has 0 aliphatic heterocycles. The van der Waals surface area contributed by atoms with Crippen LogP contribution in [0.25, 0.3) is 0 Å². The van der Waals surface area contributed by atoms with Crippen LogP contribution in [0.3, 0.4) is 0 Å². The summed E-state index contributed by atoms with van der Waals surface area (Å²) in [6, 6.07) is 3.88. The lowest BCUT2D eigenvalue weighted by atomic mass is 9.75. The molecule has 1 fully saturated rings. The zero-order valence-corrected chi connectivity index (χ0v) is 12.4. The number of hydrogen-bond donors (Lipinski definition) is 1. The van der Waals surface area contributed by atoms with Gasteiger partial charge >= 0.3 is 0 Å². The molecule has 0 unspecified atom stereocenters. The lowest BCUT2D eigenvalue weighted by Gasteiger charge is -2.47. The number of nitrogens with zero attached hydrogens (tertiary/aromatic N) is 2. The molecule has 1 saturated carbocycles. The van der Waals surface area contributed by atoms with Gasteiger partial charge in [-0.25, -0.2) is 4.98 Å². The van der Waals surface area contributed by atoms with Crippen LogP contribution in [0.5, 0.6) is 5.75 Å². The van der Waals surface area contributed by atoms with Crippen molar-refractivity contribution < 1.29 is 4.74 Å². The smallest absolute Gasteiger partial charge is 0.168 e. The van der Waals surface area contributed by atoms with Gasteiger partial charge in [-0.2, -0.15) is 0 Å². The molecule has 1 aromatic rings. The maximum Gasteiger partial charge on any atom is 0.168 e. The first-order valence-corrected chi connectivity index (χ1v) is 7.06. The van der Waals surface area contributed by atoms with E-state index < -0.39 is 0 Å². The molecule has 0 bridgehead atoms. The van der Waals surface area contributed by atoms with Crippen molar-refractivity contribution in [2.24, 2.45) is 0 Å². The van der Waals surface area contributed by atoms with Gasteiger partial charge in [-0.15, -0.1) is 0 Å². The highest BCUT2D eigenvalue weighted by Crippen LogP contribution is 2.36. The van der Waals surface area contributed by atoms with Crippen molar-refractivity contribution in [3.8, 4) is 5.75 Å². The van der Waals surface area contributed by atoms with Crippen LogP contribution in [-0.4, -0.2) is 42.2 Å². The lowest BCUT2D eigenvalue weighted by molar-refractivity contribution is 0.0737. The Morgan fingerprint density at radius 3 is 2.68 bits per heavy atom. The fourth-order valence-electron chi connectivity index (χ4n) is 2.49. The van der Waals surface area contributed by atoms with Gasteiger partial charge in [0.2, 0.25) is 0 Å². The zero-order valence-electron chi connectivity index (χ0n) is 12.4. The highest BCUT2D eigenvalue weighted by Gasteiger charge is 2.38. The Balaban J connectivity index is 2.03. The van der Waals surface area contributed by atoms with Gasteiger partial charge in [0.05, 0.1) is 6.10 Å². The average molecular weight is 263 g/mol. The van der Waals surface area contributed by atoms with Gasteiger partial charge in [-0.05, 0) is 59.3 Å². The fraction of sp³-hybridized carbons (Fsp3) is 0.667. The molecule has 2 rings (SSSR count). The number of pyridine rings is 1. The summed E-state index contributed by atoms with van der Waals surface area (Å²) in [5.41, 5.74) is 0.284. The summed E-state index contributed by atoms with van der Waals surface area (Å²) in [5, 5.41) is 3.46. The summed E-state index contributed by atoms with van der Waals surface area (Å²) >= 11 is 0. The van der Waals surface area contributed by atoms with Gasteiger partial charge < -0.3 is 15.0 Å². The Labute approximate surface area is 116 Å². The largest absolute Gasteiger partial charge is 0.487 e. The molecule has 4 nitrogen and oxygen atoms in total. The predicted octanol–water partition coefficient (Wildman–Crippen LogP) is 2.77. The summed E-state index contributed by atoms with van der Waals surface area (Å²) in [7, 11) is 4.32. The maximum absolute atomic E-state index is 5.78. The first-order valence-electron chi connectivity index (χ1n) is 7.06. The molecule has 1 aliphatic carbocycles. The average Bonchev–Trinajstić information content (AvgIpc) is 2.28. The topological polar surface area (TPSA) is 37.4 Å². The minimum atomic E-state index is 0.163. The molecular weight excluding hydrogens is 238 g/mol. The summed E-state index contributed by atoms with van der Waals surface area (Å²) in [5.74, 6) is 1.69. The highest BCUT2D eigenvalue weighted by molar-refractivity contribution is 5.50. The Morgan fingerprint density at radius 1 is 1.42 bits per heavy atom. The molecule has 0 aromatic carbocycles.